The van der Waals surface area contributed by atoms with Crippen LogP contribution in [0.5, 0.6) is 0 Å². The monoisotopic (exact) mass is 272 g/mol. The number of carbonyl (C=O) groups is 1. The molecule has 0 aliphatic carbocycles. The predicted octanol–water partition coefficient (Wildman–Crippen LogP) is 2.09. The highest BCUT2D eigenvalue weighted by Gasteiger charge is 2.13. The van der Waals surface area contributed by atoms with Gasteiger partial charge in [-0.3, -0.25) is 9.89 Å². The van der Waals surface area contributed by atoms with Crippen molar-refractivity contribution in [3.05, 3.63) is 47.7 Å². The van der Waals surface area contributed by atoms with E-state index in [2.05, 4.69) is 22.3 Å². The number of nitrogen functional groups attached to an aromatic ring is 1. The highest BCUT2D eigenvalue weighted by Crippen LogP contribution is 2.07. The summed E-state index contributed by atoms with van der Waals surface area (Å²) in [4.78, 5) is 13.7. The normalized spacial score (nSPS) is 10.4. The van der Waals surface area contributed by atoms with Crippen molar-refractivity contribution in [1.82, 2.24) is 15.1 Å². The number of hydrogen-bond acceptors (Lipinski definition) is 3. The van der Waals surface area contributed by atoms with Crippen LogP contribution < -0.4 is 5.73 Å². The SMILES string of the molecule is CN(CCCCc1ccccc1)C(=O)c1cc(N)n[nH]1. The zero-order valence-electron chi connectivity index (χ0n) is 11.7. The molecule has 0 fully saturated rings. The van der Waals surface area contributed by atoms with Crippen LogP contribution in [0.15, 0.2) is 36.4 Å². The summed E-state index contributed by atoms with van der Waals surface area (Å²) in [6, 6.07) is 11.9. The van der Waals surface area contributed by atoms with Gasteiger partial charge in [-0.25, -0.2) is 0 Å². The number of aryl methyl sites for hydroxylation is 1. The molecule has 20 heavy (non-hydrogen) atoms. The third-order valence-corrected chi connectivity index (χ3v) is 3.23. The van der Waals surface area contributed by atoms with Crippen LogP contribution in [0.25, 0.3) is 0 Å². The lowest BCUT2D eigenvalue weighted by Gasteiger charge is -2.15. The van der Waals surface area contributed by atoms with Gasteiger partial charge in [0.2, 0.25) is 0 Å². The molecule has 0 bridgehead atoms. The number of benzene rings is 1. The minimum absolute atomic E-state index is 0.0751. The fourth-order valence-electron chi connectivity index (χ4n) is 2.08. The highest BCUT2D eigenvalue weighted by atomic mass is 16.2. The van der Waals surface area contributed by atoms with Crippen LogP contribution in [-0.4, -0.2) is 34.6 Å². The van der Waals surface area contributed by atoms with Crippen molar-refractivity contribution >= 4 is 11.7 Å². The Bertz CT molecular complexity index is 550. The highest BCUT2D eigenvalue weighted by molar-refractivity contribution is 5.92. The number of amides is 1. The molecule has 0 saturated heterocycles. The first-order valence-electron chi connectivity index (χ1n) is 6.77. The smallest absolute Gasteiger partial charge is 0.271 e. The van der Waals surface area contributed by atoms with Crippen LogP contribution in [-0.2, 0) is 6.42 Å². The van der Waals surface area contributed by atoms with Crippen LogP contribution in [0.1, 0.15) is 28.9 Å². The number of hydrogen-bond donors (Lipinski definition) is 2. The van der Waals surface area contributed by atoms with Crippen molar-refractivity contribution in [1.29, 1.82) is 0 Å². The third-order valence-electron chi connectivity index (χ3n) is 3.23. The van der Waals surface area contributed by atoms with E-state index in [1.54, 1.807) is 18.0 Å². The number of aromatic amines is 1. The second kappa shape index (κ2) is 6.75. The maximum absolute atomic E-state index is 12.0. The Balaban J connectivity index is 1.72. The van der Waals surface area contributed by atoms with Crippen molar-refractivity contribution < 1.29 is 4.79 Å². The summed E-state index contributed by atoms with van der Waals surface area (Å²) in [5.41, 5.74) is 7.26. The molecule has 106 valence electrons. The van der Waals surface area contributed by atoms with Crippen molar-refractivity contribution in [2.75, 3.05) is 19.3 Å². The molecule has 1 heterocycles. The maximum atomic E-state index is 12.0. The summed E-state index contributed by atoms with van der Waals surface area (Å²) in [5.74, 6) is 0.264. The Morgan fingerprint density at radius 3 is 2.70 bits per heavy atom. The number of rotatable bonds is 6. The Labute approximate surface area is 118 Å². The van der Waals surface area contributed by atoms with E-state index in [1.807, 2.05) is 18.2 Å². The topological polar surface area (TPSA) is 75.0 Å². The lowest BCUT2D eigenvalue weighted by atomic mass is 10.1. The molecule has 2 aromatic rings. The maximum Gasteiger partial charge on any atom is 0.271 e. The van der Waals surface area contributed by atoms with E-state index in [0.717, 1.165) is 25.8 Å². The van der Waals surface area contributed by atoms with Crippen LogP contribution in [0.4, 0.5) is 5.82 Å². The molecule has 5 heteroatoms. The average Bonchev–Trinajstić information content (AvgIpc) is 2.90. The lowest BCUT2D eigenvalue weighted by Crippen LogP contribution is -2.28. The molecule has 1 aromatic heterocycles. The zero-order valence-corrected chi connectivity index (χ0v) is 11.7. The van der Waals surface area contributed by atoms with Gasteiger partial charge in [0.05, 0.1) is 0 Å². The van der Waals surface area contributed by atoms with Crippen LogP contribution in [0.2, 0.25) is 0 Å². The number of aromatic nitrogens is 2. The summed E-state index contributed by atoms with van der Waals surface area (Å²) in [6.45, 7) is 0.727. The Morgan fingerprint density at radius 1 is 1.30 bits per heavy atom. The number of nitrogens with one attached hydrogen (secondary N) is 1. The molecule has 3 N–H and O–H groups in total. The minimum atomic E-state index is -0.0751. The lowest BCUT2D eigenvalue weighted by molar-refractivity contribution is 0.0787. The zero-order chi connectivity index (χ0) is 14.4. The van der Waals surface area contributed by atoms with Gasteiger partial charge < -0.3 is 10.6 Å². The van der Waals surface area contributed by atoms with E-state index in [1.165, 1.54) is 5.56 Å². The number of H-pyrrole nitrogens is 1. The first-order valence-corrected chi connectivity index (χ1v) is 6.77. The fourth-order valence-corrected chi connectivity index (χ4v) is 2.08. The van der Waals surface area contributed by atoms with Crippen molar-refractivity contribution in [2.45, 2.75) is 19.3 Å². The van der Waals surface area contributed by atoms with Crippen molar-refractivity contribution in [3.8, 4) is 0 Å². The Morgan fingerprint density at radius 2 is 2.05 bits per heavy atom. The number of anilines is 1. The minimum Gasteiger partial charge on any atom is -0.382 e. The van der Waals surface area contributed by atoms with Gasteiger partial charge in [0.1, 0.15) is 11.5 Å². The molecule has 0 spiro atoms. The molecule has 0 saturated carbocycles. The van der Waals surface area contributed by atoms with E-state index in [-0.39, 0.29) is 5.91 Å². The van der Waals surface area contributed by atoms with Crippen LogP contribution >= 0.6 is 0 Å². The molecule has 0 aliphatic rings. The molecular weight excluding hydrogens is 252 g/mol. The van der Waals surface area contributed by atoms with Gasteiger partial charge in [-0.05, 0) is 24.8 Å². The average molecular weight is 272 g/mol. The van der Waals surface area contributed by atoms with Gasteiger partial charge in [-0.15, -0.1) is 0 Å². The van der Waals surface area contributed by atoms with E-state index in [0.29, 0.717) is 11.5 Å². The van der Waals surface area contributed by atoms with Gasteiger partial charge in [0.25, 0.3) is 5.91 Å². The third kappa shape index (κ3) is 3.85. The van der Waals surface area contributed by atoms with E-state index >= 15 is 0 Å². The van der Waals surface area contributed by atoms with Gasteiger partial charge in [-0.2, -0.15) is 5.10 Å². The van der Waals surface area contributed by atoms with Crippen molar-refractivity contribution in [3.63, 3.8) is 0 Å². The van der Waals surface area contributed by atoms with Crippen LogP contribution in [0, 0.1) is 0 Å². The number of carbonyl (C=O) groups excluding carboxylic acids is 1. The molecule has 0 aliphatic heterocycles. The summed E-state index contributed by atoms with van der Waals surface area (Å²) in [7, 11) is 1.79. The first kappa shape index (κ1) is 14.1. The van der Waals surface area contributed by atoms with E-state index in [9.17, 15) is 4.79 Å². The second-order valence-electron chi connectivity index (χ2n) is 4.88. The number of nitrogens with zero attached hydrogens (tertiary/aromatic N) is 2. The summed E-state index contributed by atoms with van der Waals surface area (Å²) in [5, 5.41) is 6.40. The molecule has 1 amide bonds. The molecule has 0 unspecified atom stereocenters. The standard InChI is InChI=1S/C15H20N4O/c1-19(15(20)13-11-14(16)18-17-13)10-6-5-9-12-7-3-2-4-8-12/h2-4,7-8,11H,5-6,9-10H2,1H3,(H3,16,17,18). The van der Waals surface area contributed by atoms with Gasteiger partial charge in [0, 0.05) is 19.7 Å². The molecule has 5 nitrogen and oxygen atoms in total. The molecule has 2 rings (SSSR count). The van der Waals surface area contributed by atoms with Gasteiger partial charge in [-0.1, -0.05) is 30.3 Å². The van der Waals surface area contributed by atoms with Gasteiger partial charge >= 0.3 is 0 Å². The van der Waals surface area contributed by atoms with Crippen molar-refractivity contribution in [2.24, 2.45) is 0 Å². The molecular formula is C15H20N4O. The summed E-state index contributed by atoms with van der Waals surface area (Å²) in [6.07, 6.45) is 3.08. The number of unbranched alkanes of at least 4 members (excludes halogenated alkanes) is 1. The van der Waals surface area contributed by atoms with Crippen LogP contribution in [0.3, 0.4) is 0 Å². The first-order chi connectivity index (χ1) is 9.66. The largest absolute Gasteiger partial charge is 0.382 e. The number of nitrogens with two attached hydrogens (primary N) is 1. The van der Waals surface area contributed by atoms with Gasteiger partial charge in [0.15, 0.2) is 0 Å². The Kier molecular flexibility index (Phi) is 4.76. The summed E-state index contributed by atoms with van der Waals surface area (Å²) >= 11 is 0. The molecule has 0 atom stereocenters. The quantitative estimate of drug-likeness (QED) is 0.791. The van der Waals surface area contributed by atoms with E-state index < -0.39 is 0 Å². The summed E-state index contributed by atoms with van der Waals surface area (Å²) < 4.78 is 0. The predicted molar refractivity (Wildman–Crippen MR) is 79.3 cm³/mol. The fraction of sp³-hybridized carbons (Fsp3) is 0.333. The molecule has 1 aromatic carbocycles. The Hall–Kier alpha value is -2.30. The van der Waals surface area contributed by atoms with E-state index in [4.69, 9.17) is 5.73 Å². The molecule has 0 radical (unpaired) electrons. The second-order valence-corrected chi connectivity index (χ2v) is 4.88.